The van der Waals surface area contributed by atoms with Crippen molar-refractivity contribution in [1.29, 1.82) is 0 Å². The number of alkyl halides is 3. The van der Waals surface area contributed by atoms with Gasteiger partial charge in [-0.2, -0.15) is 13.2 Å². The van der Waals surface area contributed by atoms with Crippen molar-refractivity contribution in [3.05, 3.63) is 33.7 Å². The molecule has 0 aliphatic heterocycles. The number of nitrogens with two attached hydrogens (primary N) is 1. The highest BCUT2D eigenvalue weighted by molar-refractivity contribution is 7.91. The molecule has 3 aromatic rings. The average molecular weight is 466 g/mol. The summed E-state index contributed by atoms with van der Waals surface area (Å²) < 4.78 is 56.2. The molecule has 1 unspecified atom stereocenters. The van der Waals surface area contributed by atoms with Crippen LogP contribution in [-0.4, -0.2) is 29.4 Å². The molecule has 7 nitrogen and oxygen atoms in total. The van der Waals surface area contributed by atoms with Gasteiger partial charge in [-0.05, 0) is 55.8 Å². The Morgan fingerprint density at radius 3 is 2.47 bits per heavy atom. The van der Waals surface area contributed by atoms with E-state index in [-0.39, 0.29) is 34.3 Å². The number of pyridine rings is 2. The zero-order chi connectivity index (χ0) is 22.9. The summed E-state index contributed by atoms with van der Waals surface area (Å²) in [6.45, 7) is 1.77. The number of anilines is 1. The van der Waals surface area contributed by atoms with E-state index in [2.05, 4.69) is 9.97 Å². The standard InChI is InChI=1S/C21H22F3N5O2S/c1-3-32(31)14-8-12(10-4-5-10)18(25)27-16(14)19-26-13-9-15(21(22,23)24)29(11-6-7-11)20(30)17(13)28(19)2/h8-11H,3-7H2,1-2H3,(H2,25,27). The van der Waals surface area contributed by atoms with E-state index in [0.29, 0.717) is 23.5 Å². The first-order valence-electron chi connectivity index (χ1n) is 10.5. The fraction of sp³-hybridized carbons (Fsp3) is 0.476. The van der Waals surface area contributed by atoms with Crippen molar-refractivity contribution in [1.82, 2.24) is 19.1 Å². The highest BCUT2D eigenvalue weighted by Gasteiger charge is 2.40. The van der Waals surface area contributed by atoms with Crippen molar-refractivity contribution < 1.29 is 17.7 Å². The predicted octanol–water partition coefficient (Wildman–Crippen LogP) is 3.74. The number of hydrogen-bond acceptors (Lipinski definition) is 5. The normalized spacial score (nSPS) is 17.8. The summed E-state index contributed by atoms with van der Waals surface area (Å²) in [5.41, 5.74) is 5.48. The fourth-order valence-electron chi connectivity index (χ4n) is 4.16. The second kappa shape index (κ2) is 7.24. The summed E-state index contributed by atoms with van der Waals surface area (Å²) >= 11 is -1.40. The van der Waals surface area contributed by atoms with Gasteiger partial charge in [0.25, 0.3) is 5.56 Å². The second-order valence-corrected chi connectivity index (χ2v) is 10.1. The molecule has 0 saturated heterocycles. The van der Waals surface area contributed by atoms with Gasteiger partial charge in [0.1, 0.15) is 22.8 Å². The fourth-order valence-corrected chi connectivity index (χ4v) is 5.08. The van der Waals surface area contributed by atoms with Crippen LogP contribution in [0.1, 0.15) is 55.8 Å². The number of nitrogen functional groups attached to an aromatic ring is 1. The third-order valence-electron chi connectivity index (χ3n) is 6.06. The maximum absolute atomic E-state index is 13.7. The Balaban J connectivity index is 1.77. The summed E-state index contributed by atoms with van der Waals surface area (Å²) in [7, 11) is 1.56. The van der Waals surface area contributed by atoms with Crippen LogP contribution >= 0.6 is 0 Å². The first kappa shape index (κ1) is 21.3. The molecule has 3 aromatic heterocycles. The third-order valence-corrected chi connectivity index (χ3v) is 7.39. The van der Waals surface area contributed by atoms with Crippen molar-refractivity contribution in [3.8, 4) is 11.5 Å². The SMILES string of the molecule is CC[S+]([O-])c1cc(C2CC2)c(N)nc1-c1nc2cc(C(F)(F)F)n(C3CC3)c(=O)c2n1C. The van der Waals surface area contributed by atoms with Gasteiger partial charge in [0, 0.05) is 24.7 Å². The van der Waals surface area contributed by atoms with E-state index >= 15 is 0 Å². The number of aryl methyl sites for hydroxylation is 1. The second-order valence-electron chi connectivity index (χ2n) is 8.38. The molecular formula is C21H22F3N5O2S. The van der Waals surface area contributed by atoms with Crippen LogP contribution in [0.25, 0.3) is 22.6 Å². The number of aromatic nitrogens is 4. The number of rotatable bonds is 5. The maximum Gasteiger partial charge on any atom is 0.431 e. The van der Waals surface area contributed by atoms with Crippen LogP contribution in [0.4, 0.5) is 19.0 Å². The van der Waals surface area contributed by atoms with E-state index in [1.807, 2.05) is 0 Å². The number of fused-ring (bicyclic) bond motifs is 1. The largest absolute Gasteiger partial charge is 0.611 e. The smallest absolute Gasteiger partial charge is 0.431 e. The molecule has 0 radical (unpaired) electrons. The van der Waals surface area contributed by atoms with Crippen LogP contribution in [0.3, 0.4) is 0 Å². The van der Waals surface area contributed by atoms with E-state index in [1.54, 1.807) is 20.0 Å². The van der Waals surface area contributed by atoms with Crippen molar-refractivity contribution in [3.63, 3.8) is 0 Å². The van der Waals surface area contributed by atoms with Crippen LogP contribution in [0.2, 0.25) is 0 Å². The Bertz CT molecular complexity index is 1290. The van der Waals surface area contributed by atoms with Gasteiger partial charge in [-0.3, -0.25) is 9.36 Å². The highest BCUT2D eigenvalue weighted by Crippen LogP contribution is 2.45. The van der Waals surface area contributed by atoms with Crippen LogP contribution in [0, 0.1) is 0 Å². The van der Waals surface area contributed by atoms with Gasteiger partial charge in [0.05, 0.1) is 5.52 Å². The van der Waals surface area contributed by atoms with E-state index in [9.17, 15) is 22.5 Å². The summed E-state index contributed by atoms with van der Waals surface area (Å²) in [6, 6.07) is 2.23. The molecule has 0 spiro atoms. The van der Waals surface area contributed by atoms with E-state index in [0.717, 1.165) is 29.0 Å². The van der Waals surface area contributed by atoms with Crippen LogP contribution in [-0.2, 0) is 24.4 Å². The molecule has 0 amide bonds. The highest BCUT2D eigenvalue weighted by atomic mass is 32.2. The van der Waals surface area contributed by atoms with Gasteiger partial charge in [-0.25, -0.2) is 9.97 Å². The average Bonchev–Trinajstić information content (AvgIpc) is 3.64. The topological polar surface area (TPSA) is 102 Å². The van der Waals surface area contributed by atoms with Gasteiger partial charge in [-0.1, -0.05) is 0 Å². The first-order valence-corrected chi connectivity index (χ1v) is 11.8. The lowest BCUT2D eigenvalue weighted by Crippen LogP contribution is -2.28. The molecule has 2 aliphatic rings. The number of nitrogens with zero attached hydrogens (tertiary/aromatic N) is 4. The van der Waals surface area contributed by atoms with Gasteiger partial charge in [-0.15, -0.1) is 0 Å². The van der Waals surface area contributed by atoms with Gasteiger partial charge < -0.3 is 14.9 Å². The molecule has 5 rings (SSSR count). The molecule has 11 heteroatoms. The van der Waals surface area contributed by atoms with Crippen LogP contribution < -0.4 is 11.3 Å². The van der Waals surface area contributed by atoms with Gasteiger partial charge in [0.15, 0.2) is 16.4 Å². The van der Waals surface area contributed by atoms with Crippen LogP contribution in [0.5, 0.6) is 0 Å². The van der Waals surface area contributed by atoms with Crippen molar-refractivity contribution >= 4 is 28.0 Å². The predicted molar refractivity (Wildman–Crippen MR) is 115 cm³/mol. The molecule has 3 heterocycles. The molecule has 0 aromatic carbocycles. The molecule has 32 heavy (non-hydrogen) atoms. The molecule has 2 fully saturated rings. The van der Waals surface area contributed by atoms with Crippen molar-refractivity contribution in [2.75, 3.05) is 11.5 Å². The van der Waals surface area contributed by atoms with Gasteiger partial charge >= 0.3 is 6.18 Å². The Morgan fingerprint density at radius 2 is 1.91 bits per heavy atom. The zero-order valence-corrected chi connectivity index (χ0v) is 18.4. The molecule has 0 bridgehead atoms. The maximum atomic E-state index is 13.7. The Kier molecular flexibility index (Phi) is 4.82. The van der Waals surface area contributed by atoms with E-state index in [1.165, 1.54) is 4.57 Å². The lowest BCUT2D eigenvalue weighted by molar-refractivity contribution is -0.144. The summed E-state index contributed by atoms with van der Waals surface area (Å²) in [4.78, 5) is 22.4. The quantitative estimate of drug-likeness (QED) is 0.579. The summed E-state index contributed by atoms with van der Waals surface area (Å²) in [6.07, 6.45) is -1.66. The minimum Gasteiger partial charge on any atom is -0.611 e. The number of hydrogen-bond donors (Lipinski definition) is 1. The summed E-state index contributed by atoms with van der Waals surface area (Å²) in [5, 5.41) is 0. The lowest BCUT2D eigenvalue weighted by atomic mass is 10.1. The minimum atomic E-state index is -4.68. The van der Waals surface area contributed by atoms with E-state index < -0.39 is 34.6 Å². The monoisotopic (exact) mass is 465 g/mol. The number of halogens is 3. The molecule has 2 aliphatic carbocycles. The molecule has 170 valence electrons. The third kappa shape index (κ3) is 3.38. The summed E-state index contributed by atoms with van der Waals surface area (Å²) in [5.74, 6) is 1.08. The number of imidazole rings is 1. The van der Waals surface area contributed by atoms with Gasteiger partial charge in [0.2, 0.25) is 0 Å². The van der Waals surface area contributed by atoms with Crippen molar-refractivity contribution in [2.45, 2.75) is 55.6 Å². The molecular weight excluding hydrogens is 443 g/mol. The Hall–Kier alpha value is -2.53. The minimum absolute atomic E-state index is 0.0553. The van der Waals surface area contributed by atoms with Crippen LogP contribution in [0.15, 0.2) is 21.8 Å². The van der Waals surface area contributed by atoms with E-state index in [4.69, 9.17) is 5.73 Å². The molecule has 1 atom stereocenters. The molecule has 2 N–H and O–H groups in total. The lowest BCUT2D eigenvalue weighted by Gasteiger charge is -2.15. The van der Waals surface area contributed by atoms with Crippen molar-refractivity contribution in [2.24, 2.45) is 7.05 Å². The Labute approximate surface area is 184 Å². The molecule has 2 saturated carbocycles. The zero-order valence-electron chi connectivity index (χ0n) is 17.6. The first-order chi connectivity index (χ1) is 15.1. The Morgan fingerprint density at radius 1 is 1.22 bits per heavy atom.